The highest BCUT2D eigenvalue weighted by Crippen LogP contribution is 2.28. The molecule has 138 valence electrons. The molecule has 4 amide bonds. The number of nitrogens with zero attached hydrogens (tertiary/aromatic N) is 2. The second-order valence-electron chi connectivity index (χ2n) is 6.04. The molecule has 1 fully saturated rings. The molecule has 2 unspecified atom stereocenters. The van der Waals surface area contributed by atoms with Crippen molar-refractivity contribution >= 4 is 30.3 Å². The maximum atomic E-state index is 13.1. The zero-order valence-electron chi connectivity index (χ0n) is 14.3. The number of amides is 4. The van der Waals surface area contributed by atoms with E-state index in [2.05, 4.69) is 5.32 Å². The maximum Gasteiger partial charge on any atom is 0.325 e. The molecule has 2 atom stereocenters. The first kappa shape index (κ1) is 20.9. The van der Waals surface area contributed by atoms with Gasteiger partial charge < -0.3 is 16.0 Å². The van der Waals surface area contributed by atoms with Crippen molar-refractivity contribution in [1.29, 1.82) is 0 Å². The van der Waals surface area contributed by atoms with Crippen LogP contribution < -0.4 is 11.1 Å². The molecule has 0 aliphatic carbocycles. The van der Waals surface area contributed by atoms with E-state index in [1.165, 1.54) is 36.1 Å². The number of nitrogens with two attached hydrogens (primary N) is 1. The first-order chi connectivity index (χ1) is 11.2. The van der Waals surface area contributed by atoms with Crippen molar-refractivity contribution in [3.8, 4) is 0 Å². The minimum Gasteiger partial charge on any atom is -0.340 e. The molecule has 0 spiro atoms. The molecule has 9 heteroatoms. The van der Waals surface area contributed by atoms with Crippen molar-refractivity contribution in [3.63, 3.8) is 0 Å². The quantitative estimate of drug-likeness (QED) is 0.748. The number of hydrogen-bond donors (Lipinski definition) is 2. The summed E-state index contributed by atoms with van der Waals surface area (Å²) in [6.45, 7) is 3.20. The molecule has 1 heterocycles. The van der Waals surface area contributed by atoms with E-state index in [-0.39, 0.29) is 37.4 Å². The number of halogens is 2. The molecule has 1 aliphatic rings. The Labute approximate surface area is 151 Å². The molecule has 0 saturated carbocycles. The lowest BCUT2D eigenvalue weighted by atomic mass is 9.92. The molecule has 3 N–H and O–H groups in total. The Morgan fingerprint density at radius 2 is 1.92 bits per heavy atom. The van der Waals surface area contributed by atoms with Crippen LogP contribution in [0.2, 0.25) is 0 Å². The molecule has 2 rings (SSSR count). The van der Waals surface area contributed by atoms with Crippen LogP contribution in [0.1, 0.15) is 19.4 Å². The highest BCUT2D eigenvalue weighted by atomic mass is 35.5. The lowest BCUT2D eigenvalue weighted by Crippen LogP contribution is -2.47. The molecule has 25 heavy (non-hydrogen) atoms. The number of benzene rings is 1. The van der Waals surface area contributed by atoms with Crippen molar-refractivity contribution in [2.75, 3.05) is 20.1 Å². The third kappa shape index (κ3) is 3.91. The lowest BCUT2D eigenvalue weighted by molar-refractivity contribution is -0.139. The molecule has 7 nitrogen and oxygen atoms in total. The van der Waals surface area contributed by atoms with Crippen LogP contribution in [-0.4, -0.2) is 53.8 Å². The van der Waals surface area contributed by atoms with Gasteiger partial charge in [0, 0.05) is 19.6 Å². The first-order valence-corrected chi connectivity index (χ1v) is 7.56. The lowest BCUT2D eigenvalue weighted by Gasteiger charge is -2.26. The van der Waals surface area contributed by atoms with Crippen molar-refractivity contribution < 1.29 is 18.8 Å². The van der Waals surface area contributed by atoms with E-state index in [1.807, 2.05) is 0 Å². The third-order valence-corrected chi connectivity index (χ3v) is 4.39. The summed E-state index contributed by atoms with van der Waals surface area (Å²) < 4.78 is 13.1. The van der Waals surface area contributed by atoms with E-state index in [0.717, 1.165) is 4.90 Å². The standard InChI is InChI=1S/C16H21FN4O3.ClH/c1-10(8-18)20(3)13(22)9-21-14(23)16(2,19-15(21)24)11-4-6-12(17)7-5-11;/h4-7,10H,8-9,18H2,1-3H3,(H,19,24);1H. The van der Waals surface area contributed by atoms with E-state index in [9.17, 15) is 18.8 Å². The van der Waals surface area contributed by atoms with Crippen LogP contribution in [0.25, 0.3) is 0 Å². The van der Waals surface area contributed by atoms with E-state index in [0.29, 0.717) is 5.56 Å². The third-order valence-electron chi connectivity index (χ3n) is 4.39. The van der Waals surface area contributed by atoms with E-state index < -0.39 is 23.3 Å². The van der Waals surface area contributed by atoms with Crippen molar-refractivity contribution in [3.05, 3.63) is 35.6 Å². The summed E-state index contributed by atoms with van der Waals surface area (Å²) >= 11 is 0. The second kappa shape index (κ2) is 7.79. The fourth-order valence-electron chi connectivity index (χ4n) is 2.47. The smallest absolute Gasteiger partial charge is 0.325 e. The molecule has 0 bridgehead atoms. The van der Waals surface area contributed by atoms with Crippen LogP contribution in [0.5, 0.6) is 0 Å². The fourth-order valence-corrected chi connectivity index (χ4v) is 2.47. The fraction of sp³-hybridized carbons (Fsp3) is 0.438. The average molecular weight is 373 g/mol. The van der Waals surface area contributed by atoms with Gasteiger partial charge in [0.25, 0.3) is 5.91 Å². The number of nitrogens with one attached hydrogen (secondary N) is 1. The van der Waals surface area contributed by atoms with Gasteiger partial charge in [-0.05, 0) is 31.5 Å². The number of urea groups is 1. The predicted octanol–water partition coefficient (Wildman–Crippen LogP) is 0.820. The molecule has 1 saturated heterocycles. The topological polar surface area (TPSA) is 95.7 Å². The summed E-state index contributed by atoms with van der Waals surface area (Å²) in [6, 6.07) is 4.42. The van der Waals surface area contributed by atoms with Crippen LogP contribution in [0.3, 0.4) is 0 Å². The Kier molecular flexibility index (Phi) is 6.50. The van der Waals surface area contributed by atoms with Crippen LogP contribution in [-0.2, 0) is 15.1 Å². The molecule has 0 aromatic heterocycles. The molecule has 0 radical (unpaired) electrons. The average Bonchev–Trinajstić information content (AvgIpc) is 2.78. The number of carbonyl (C=O) groups is 3. The van der Waals surface area contributed by atoms with E-state index >= 15 is 0 Å². The minimum atomic E-state index is -1.33. The van der Waals surface area contributed by atoms with E-state index in [4.69, 9.17) is 5.73 Å². The summed E-state index contributed by atoms with van der Waals surface area (Å²) in [5.74, 6) is -1.38. The molecule has 1 aliphatic heterocycles. The SMILES string of the molecule is CC(CN)N(C)C(=O)CN1C(=O)NC(C)(c2ccc(F)cc2)C1=O.Cl. The summed E-state index contributed by atoms with van der Waals surface area (Å²) in [7, 11) is 1.57. The van der Waals surface area contributed by atoms with Gasteiger partial charge in [-0.1, -0.05) is 12.1 Å². The van der Waals surface area contributed by atoms with Crippen LogP contribution in [0.4, 0.5) is 9.18 Å². The summed E-state index contributed by atoms with van der Waals surface area (Å²) in [5, 5.41) is 2.57. The number of imide groups is 1. The van der Waals surface area contributed by atoms with Gasteiger partial charge in [0.05, 0.1) is 0 Å². The van der Waals surface area contributed by atoms with Gasteiger partial charge in [-0.25, -0.2) is 9.18 Å². The number of likely N-dealkylation sites (N-methyl/N-ethyl adjacent to an activating group) is 1. The highest BCUT2D eigenvalue weighted by molar-refractivity contribution is 6.09. The first-order valence-electron chi connectivity index (χ1n) is 7.56. The Hall–Kier alpha value is -2.19. The number of rotatable bonds is 5. The van der Waals surface area contributed by atoms with Crippen LogP contribution in [0, 0.1) is 5.82 Å². The molecule has 1 aromatic rings. The summed E-state index contributed by atoms with van der Waals surface area (Å²) in [4.78, 5) is 39.3. The Balaban J connectivity index is 0.00000312. The van der Waals surface area contributed by atoms with Crippen molar-refractivity contribution in [1.82, 2.24) is 15.1 Å². The van der Waals surface area contributed by atoms with Crippen molar-refractivity contribution in [2.24, 2.45) is 5.73 Å². The van der Waals surface area contributed by atoms with Gasteiger partial charge in [-0.3, -0.25) is 14.5 Å². The van der Waals surface area contributed by atoms with Crippen molar-refractivity contribution in [2.45, 2.75) is 25.4 Å². The minimum absolute atomic E-state index is 0. The van der Waals surface area contributed by atoms with E-state index in [1.54, 1.807) is 14.0 Å². The zero-order chi connectivity index (χ0) is 18.1. The zero-order valence-corrected chi connectivity index (χ0v) is 15.1. The monoisotopic (exact) mass is 372 g/mol. The highest BCUT2D eigenvalue weighted by Gasteiger charge is 2.49. The largest absolute Gasteiger partial charge is 0.340 e. The van der Waals surface area contributed by atoms with Gasteiger partial charge in [-0.15, -0.1) is 12.4 Å². The Bertz CT molecular complexity index is 670. The van der Waals surface area contributed by atoms with Gasteiger partial charge in [0.1, 0.15) is 17.9 Å². The normalized spacial score (nSPS) is 20.8. The molecular weight excluding hydrogens is 351 g/mol. The van der Waals surface area contributed by atoms with Crippen LogP contribution in [0.15, 0.2) is 24.3 Å². The van der Waals surface area contributed by atoms with Gasteiger partial charge >= 0.3 is 6.03 Å². The predicted molar refractivity (Wildman–Crippen MR) is 92.5 cm³/mol. The summed E-state index contributed by atoms with van der Waals surface area (Å²) in [5.41, 5.74) is 4.64. The van der Waals surface area contributed by atoms with Gasteiger partial charge in [0.15, 0.2) is 0 Å². The number of carbonyl (C=O) groups excluding carboxylic acids is 3. The maximum absolute atomic E-state index is 13.1. The molecule has 1 aromatic carbocycles. The van der Waals surface area contributed by atoms with Gasteiger partial charge in [-0.2, -0.15) is 0 Å². The van der Waals surface area contributed by atoms with Gasteiger partial charge in [0.2, 0.25) is 5.91 Å². The Morgan fingerprint density at radius 3 is 2.44 bits per heavy atom. The number of hydrogen-bond acceptors (Lipinski definition) is 4. The van der Waals surface area contributed by atoms with Crippen LogP contribution >= 0.6 is 12.4 Å². The second-order valence-corrected chi connectivity index (χ2v) is 6.04. The summed E-state index contributed by atoms with van der Waals surface area (Å²) in [6.07, 6.45) is 0. The Morgan fingerprint density at radius 1 is 1.36 bits per heavy atom. The molecular formula is C16H22ClFN4O3.